The second-order valence-corrected chi connectivity index (χ2v) is 7.86. The standard InChI is InChI=1S/C20H30FN3O2/c1-20(22)8-4-3-5-17(20)19(25)24-11-9-23(10-12-24)14-15-13-16(21)6-7-18(15)26-2/h6-7,13,17H,3-5,8-12,14,22H2,1-2H3. The van der Waals surface area contributed by atoms with Gasteiger partial charge in [0.25, 0.3) is 0 Å². The van der Waals surface area contributed by atoms with Crippen molar-refractivity contribution in [1.29, 1.82) is 0 Å². The van der Waals surface area contributed by atoms with E-state index in [2.05, 4.69) is 4.90 Å². The predicted molar refractivity (Wildman–Crippen MR) is 99.4 cm³/mol. The first kappa shape index (κ1) is 19.1. The van der Waals surface area contributed by atoms with Gasteiger partial charge in [-0.05, 0) is 38.0 Å². The Morgan fingerprint density at radius 1 is 1.31 bits per heavy atom. The summed E-state index contributed by atoms with van der Waals surface area (Å²) in [6, 6.07) is 4.60. The van der Waals surface area contributed by atoms with E-state index in [4.69, 9.17) is 10.5 Å². The van der Waals surface area contributed by atoms with Crippen molar-refractivity contribution in [1.82, 2.24) is 9.80 Å². The summed E-state index contributed by atoms with van der Waals surface area (Å²) in [7, 11) is 1.60. The molecule has 1 aliphatic heterocycles. The number of hydrogen-bond donors (Lipinski definition) is 1. The molecular weight excluding hydrogens is 333 g/mol. The van der Waals surface area contributed by atoms with E-state index in [1.165, 1.54) is 12.1 Å². The van der Waals surface area contributed by atoms with Gasteiger partial charge in [0.15, 0.2) is 0 Å². The first-order valence-corrected chi connectivity index (χ1v) is 9.53. The SMILES string of the molecule is COc1ccc(F)cc1CN1CCN(C(=O)C2CCCCC2(C)N)CC1. The Morgan fingerprint density at radius 2 is 2.04 bits per heavy atom. The lowest BCUT2D eigenvalue weighted by atomic mass is 9.74. The summed E-state index contributed by atoms with van der Waals surface area (Å²) in [6.07, 6.45) is 4.01. The summed E-state index contributed by atoms with van der Waals surface area (Å²) in [5.74, 6) is 0.587. The number of ether oxygens (including phenoxy) is 1. The minimum Gasteiger partial charge on any atom is -0.496 e. The molecule has 2 N–H and O–H groups in total. The molecule has 6 heteroatoms. The van der Waals surface area contributed by atoms with Gasteiger partial charge in [-0.15, -0.1) is 0 Å². The van der Waals surface area contributed by atoms with Crippen molar-refractivity contribution in [2.45, 2.75) is 44.7 Å². The smallest absolute Gasteiger partial charge is 0.227 e. The van der Waals surface area contributed by atoms with E-state index in [0.29, 0.717) is 25.4 Å². The van der Waals surface area contributed by atoms with Crippen LogP contribution in [0.5, 0.6) is 5.75 Å². The van der Waals surface area contributed by atoms with Crippen molar-refractivity contribution in [2.24, 2.45) is 11.7 Å². The lowest BCUT2D eigenvalue weighted by molar-refractivity contribution is -0.140. The van der Waals surface area contributed by atoms with E-state index >= 15 is 0 Å². The maximum Gasteiger partial charge on any atom is 0.227 e. The molecule has 1 amide bonds. The van der Waals surface area contributed by atoms with Crippen LogP contribution < -0.4 is 10.5 Å². The molecule has 2 atom stereocenters. The molecule has 0 spiro atoms. The lowest BCUT2D eigenvalue weighted by Crippen LogP contribution is -2.57. The second kappa shape index (κ2) is 7.92. The number of carbonyl (C=O) groups is 1. The van der Waals surface area contributed by atoms with Gasteiger partial charge in [0.2, 0.25) is 5.91 Å². The molecule has 1 aromatic rings. The van der Waals surface area contributed by atoms with Crippen LogP contribution in [0.15, 0.2) is 18.2 Å². The van der Waals surface area contributed by atoms with Crippen LogP contribution in [0.4, 0.5) is 4.39 Å². The number of amides is 1. The zero-order valence-electron chi connectivity index (χ0n) is 15.8. The number of hydrogen-bond acceptors (Lipinski definition) is 4. The zero-order valence-corrected chi connectivity index (χ0v) is 15.8. The van der Waals surface area contributed by atoms with Crippen LogP contribution in [0, 0.1) is 11.7 Å². The minimum absolute atomic E-state index is 0.0638. The Morgan fingerprint density at radius 3 is 2.69 bits per heavy atom. The van der Waals surface area contributed by atoms with E-state index in [-0.39, 0.29) is 23.2 Å². The Kier molecular flexibility index (Phi) is 5.82. The van der Waals surface area contributed by atoms with Crippen molar-refractivity contribution in [2.75, 3.05) is 33.3 Å². The van der Waals surface area contributed by atoms with Crippen LogP contribution in [0.25, 0.3) is 0 Å². The topological polar surface area (TPSA) is 58.8 Å². The molecule has 144 valence electrons. The molecular formula is C20H30FN3O2. The van der Waals surface area contributed by atoms with E-state index in [1.54, 1.807) is 13.2 Å². The number of piperazine rings is 1. The molecule has 1 saturated heterocycles. The van der Waals surface area contributed by atoms with Gasteiger partial charge >= 0.3 is 0 Å². The van der Waals surface area contributed by atoms with E-state index in [0.717, 1.165) is 44.3 Å². The fourth-order valence-electron chi connectivity index (χ4n) is 4.22. The molecule has 2 unspecified atom stereocenters. The second-order valence-electron chi connectivity index (χ2n) is 7.86. The summed E-state index contributed by atoms with van der Waals surface area (Å²) in [6.45, 7) is 5.59. The quantitative estimate of drug-likeness (QED) is 0.892. The van der Waals surface area contributed by atoms with Crippen molar-refractivity contribution >= 4 is 5.91 Å². The largest absolute Gasteiger partial charge is 0.496 e. The number of halogens is 1. The van der Waals surface area contributed by atoms with E-state index in [9.17, 15) is 9.18 Å². The highest BCUT2D eigenvalue weighted by atomic mass is 19.1. The number of nitrogens with zero attached hydrogens (tertiary/aromatic N) is 2. The molecule has 3 rings (SSSR count). The van der Waals surface area contributed by atoms with Gasteiger partial charge in [-0.1, -0.05) is 12.8 Å². The van der Waals surface area contributed by atoms with Crippen molar-refractivity contribution < 1.29 is 13.9 Å². The molecule has 2 aliphatic rings. The number of nitrogens with two attached hydrogens (primary N) is 1. The van der Waals surface area contributed by atoms with Crippen LogP contribution in [0.2, 0.25) is 0 Å². The van der Waals surface area contributed by atoms with Crippen LogP contribution >= 0.6 is 0 Å². The van der Waals surface area contributed by atoms with Gasteiger partial charge in [0.1, 0.15) is 11.6 Å². The first-order chi connectivity index (χ1) is 12.4. The van der Waals surface area contributed by atoms with Gasteiger partial charge < -0.3 is 15.4 Å². The molecule has 1 heterocycles. The number of methoxy groups -OCH3 is 1. The maximum absolute atomic E-state index is 13.5. The molecule has 0 bridgehead atoms. The van der Waals surface area contributed by atoms with Gasteiger partial charge in [-0.25, -0.2) is 4.39 Å². The van der Waals surface area contributed by atoms with Crippen LogP contribution in [0.1, 0.15) is 38.2 Å². The Hall–Kier alpha value is -1.66. The van der Waals surface area contributed by atoms with Gasteiger partial charge in [0.05, 0.1) is 13.0 Å². The Balaban J connectivity index is 1.57. The zero-order chi connectivity index (χ0) is 18.7. The van der Waals surface area contributed by atoms with Gasteiger partial charge in [0, 0.05) is 43.8 Å². The summed E-state index contributed by atoms with van der Waals surface area (Å²) in [5, 5.41) is 0. The first-order valence-electron chi connectivity index (χ1n) is 9.53. The molecule has 5 nitrogen and oxygen atoms in total. The third-order valence-electron chi connectivity index (χ3n) is 5.87. The van der Waals surface area contributed by atoms with E-state index < -0.39 is 0 Å². The normalized spacial score (nSPS) is 27.4. The maximum atomic E-state index is 13.5. The molecule has 26 heavy (non-hydrogen) atoms. The third kappa shape index (κ3) is 4.18. The van der Waals surface area contributed by atoms with Crippen molar-refractivity contribution in [3.05, 3.63) is 29.6 Å². The van der Waals surface area contributed by atoms with Crippen LogP contribution in [-0.4, -0.2) is 54.5 Å². The monoisotopic (exact) mass is 363 g/mol. The predicted octanol–water partition coefficient (Wildman–Crippen LogP) is 2.39. The average Bonchev–Trinajstić information content (AvgIpc) is 2.62. The number of rotatable bonds is 4. The van der Waals surface area contributed by atoms with E-state index in [1.807, 2.05) is 11.8 Å². The van der Waals surface area contributed by atoms with Crippen molar-refractivity contribution in [3.63, 3.8) is 0 Å². The molecule has 0 radical (unpaired) electrons. The summed E-state index contributed by atoms with van der Waals surface area (Å²) < 4.78 is 18.9. The molecule has 2 fully saturated rings. The van der Waals surface area contributed by atoms with Gasteiger partial charge in [-0.2, -0.15) is 0 Å². The minimum atomic E-state index is -0.388. The highest BCUT2D eigenvalue weighted by Gasteiger charge is 2.40. The lowest BCUT2D eigenvalue weighted by Gasteiger charge is -2.42. The molecule has 1 aliphatic carbocycles. The molecule has 1 saturated carbocycles. The summed E-state index contributed by atoms with van der Waals surface area (Å²) in [4.78, 5) is 17.1. The fraction of sp³-hybridized carbons (Fsp3) is 0.650. The third-order valence-corrected chi connectivity index (χ3v) is 5.87. The molecule has 1 aromatic carbocycles. The number of carbonyl (C=O) groups excluding carboxylic acids is 1. The van der Waals surface area contributed by atoms with Crippen LogP contribution in [-0.2, 0) is 11.3 Å². The van der Waals surface area contributed by atoms with Crippen LogP contribution in [0.3, 0.4) is 0 Å². The number of benzene rings is 1. The summed E-state index contributed by atoms with van der Waals surface area (Å²) >= 11 is 0. The summed E-state index contributed by atoms with van der Waals surface area (Å²) in [5.41, 5.74) is 6.85. The molecule has 0 aromatic heterocycles. The highest BCUT2D eigenvalue weighted by molar-refractivity contribution is 5.80. The Bertz CT molecular complexity index is 642. The highest BCUT2D eigenvalue weighted by Crippen LogP contribution is 2.33. The van der Waals surface area contributed by atoms with Gasteiger partial charge in [-0.3, -0.25) is 9.69 Å². The van der Waals surface area contributed by atoms with Crippen molar-refractivity contribution in [3.8, 4) is 5.75 Å². The fourth-order valence-corrected chi connectivity index (χ4v) is 4.22. The average molecular weight is 363 g/mol. The Labute approximate surface area is 155 Å².